The van der Waals surface area contributed by atoms with Gasteiger partial charge in [-0.25, -0.2) is 4.39 Å². The molecule has 3 heterocycles. The number of carbonyl (C=O) groups is 2. The molecule has 0 radical (unpaired) electrons. The second-order valence-electron chi connectivity index (χ2n) is 19.2. The largest absolute Gasteiger partial charge is 0.462 e. The topological polar surface area (TPSA) is 143 Å². The van der Waals surface area contributed by atoms with Crippen LogP contribution >= 0.6 is 0 Å². The van der Waals surface area contributed by atoms with Crippen molar-refractivity contribution in [1.29, 1.82) is 0 Å². The molecule has 3 aliphatic heterocycles. The lowest BCUT2D eigenvalue weighted by Gasteiger charge is -2.47. The van der Waals surface area contributed by atoms with Crippen molar-refractivity contribution < 1.29 is 57.0 Å². The van der Waals surface area contributed by atoms with E-state index in [1.54, 1.807) is 34.3 Å². The molecule has 348 valence electrons. The number of rotatable bonds is 11. The molecular weight excluding hydrogens is 800 g/mol. The summed E-state index contributed by atoms with van der Waals surface area (Å²) in [6.45, 7) is 9.69. The highest BCUT2D eigenvalue weighted by molar-refractivity contribution is 5.99. The molecule has 3 aliphatic carbocycles. The van der Waals surface area contributed by atoms with Crippen LogP contribution < -0.4 is 5.32 Å². The van der Waals surface area contributed by atoms with Gasteiger partial charge in [0.05, 0.1) is 43.0 Å². The number of methoxy groups -OCH3 is 3. The van der Waals surface area contributed by atoms with E-state index in [1.165, 1.54) is 6.07 Å². The van der Waals surface area contributed by atoms with Gasteiger partial charge in [0.15, 0.2) is 18.4 Å². The first-order chi connectivity index (χ1) is 29.7. The number of anilines is 1. The molecule has 3 saturated heterocycles. The van der Waals surface area contributed by atoms with Gasteiger partial charge in [0.1, 0.15) is 30.2 Å². The Kier molecular flexibility index (Phi) is 15.6. The lowest BCUT2D eigenvalue weighted by molar-refractivity contribution is -0.314. The van der Waals surface area contributed by atoms with Crippen LogP contribution in [0.1, 0.15) is 91.0 Å². The molecule has 5 fully saturated rings. The number of nitrogens with one attached hydrogen (secondary N) is 1. The molecule has 0 bridgehead atoms. The SMILES string of the molecule is CC[C@H]1CCC[C@H](O[C@H]2CC[C@H](N(C)C)C(C)O2)[C@@H](C)C(=O)C2=C[C@H]3[C@@H]4C[C@H](O[C@@H]5OC(C)[C@H](OC)C(OC)C5OC)C[C@H]4[C@H](Nc4cccc(F)c4C)[C@@H](O)[C@H]3[C@@H]2CC(=O)O1. The van der Waals surface area contributed by atoms with Gasteiger partial charge in [-0.2, -0.15) is 0 Å². The molecule has 19 atom stereocenters. The fraction of sp³-hybridized carbons (Fsp3) is 0.792. The Bertz CT molecular complexity index is 1730. The number of allylic oxidation sites excluding steroid dienone is 2. The number of esters is 1. The molecule has 0 spiro atoms. The van der Waals surface area contributed by atoms with Crippen molar-refractivity contribution >= 4 is 17.4 Å². The quantitative estimate of drug-likeness (QED) is 0.243. The van der Waals surface area contributed by atoms with Gasteiger partial charge in [-0.05, 0) is 122 Å². The predicted molar refractivity (Wildman–Crippen MR) is 230 cm³/mol. The molecule has 0 amide bonds. The molecule has 1 aromatic carbocycles. The van der Waals surface area contributed by atoms with Crippen molar-refractivity contribution in [3.63, 3.8) is 0 Å². The Balaban J connectivity index is 1.22. The summed E-state index contributed by atoms with van der Waals surface area (Å²) in [4.78, 5) is 31.2. The molecular formula is C48H73FN2O11. The van der Waals surface area contributed by atoms with Crippen LogP contribution in [0.2, 0.25) is 0 Å². The van der Waals surface area contributed by atoms with Gasteiger partial charge < -0.3 is 53.2 Å². The van der Waals surface area contributed by atoms with Gasteiger partial charge >= 0.3 is 5.97 Å². The van der Waals surface area contributed by atoms with Crippen molar-refractivity contribution in [1.82, 2.24) is 4.90 Å². The Morgan fingerprint density at radius 1 is 0.903 bits per heavy atom. The van der Waals surface area contributed by atoms with Crippen molar-refractivity contribution in [2.75, 3.05) is 40.7 Å². The van der Waals surface area contributed by atoms with Gasteiger partial charge in [-0.3, -0.25) is 9.59 Å². The van der Waals surface area contributed by atoms with Gasteiger partial charge in [-0.1, -0.05) is 26.0 Å². The number of benzene rings is 1. The van der Waals surface area contributed by atoms with Crippen LogP contribution in [0.4, 0.5) is 10.1 Å². The number of nitrogens with zero attached hydrogens (tertiary/aromatic N) is 1. The van der Waals surface area contributed by atoms with Crippen molar-refractivity contribution in [3.05, 3.63) is 41.2 Å². The standard InChI is InChI=1S/C48H73FN2O11/c1-11-28-14-12-17-38(62-40-19-18-37(51(6)7)26(4)58-40)25(3)43(53)34-22-31-30-20-29(61-48-47(57-10)46(56-9)45(55-8)27(5)59-48)21-33(30)42(50-36-16-13-15-35(49)24(36)2)44(54)41(31)32(34)23-39(52)60-28/h13,15-16,22,25-33,37-38,40-42,44-48,50,54H,11-12,14,17-21,23H2,1-10H3/t25-,26?,27?,28+,29+,30+,31+,32-,33-,37+,38+,40+,41-,42+,44+,45+,46?,47?,48+/m1/s1. The van der Waals surface area contributed by atoms with Crippen LogP contribution in [-0.4, -0.2) is 137 Å². The van der Waals surface area contributed by atoms with Gasteiger partial charge in [0.2, 0.25) is 0 Å². The third-order valence-electron chi connectivity index (χ3n) is 15.5. The van der Waals surface area contributed by atoms with E-state index >= 15 is 9.18 Å². The normalized spacial score (nSPS) is 42.9. The second kappa shape index (κ2) is 20.3. The van der Waals surface area contributed by atoms with E-state index in [2.05, 4.69) is 37.3 Å². The number of carbonyl (C=O) groups excluding carboxylic acids is 2. The summed E-state index contributed by atoms with van der Waals surface area (Å²) >= 11 is 0. The van der Waals surface area contributed by atoms with Crippen LogP contribution in [0.15, 0.2) is 29.8 Å². The number of halogens is 1. The summed E-state index contributed by atoms with van der Waals surface area (Å²) in [6.07, 6.45) is 2.58. The highest BCUT2D eigenvalue weighted by Gasteiger charge is 2.60. The first-order valence-electron chi connectivity index (χ1n) is 23.2. The first-order valence-corrected chi connectivity index (χ1v) is 23.2. The van der Waals surface area contributed by atoms with E-state index in [9.17, 15) is 9.90 Å². The van der Waals surface area contributed by atoms with Crippen molar-refractivity contribution in [3.8, 4) is 0 Å². The summed E-state index contributed by atoms with van der Waals surface area (Å²) in [7, 11) is 8.98. The number of hydrogen-bond acceptors (Lipinski definition) is 13. The maximum atomic E-state index is 15.1. The van der Waals surface area contributed by atoms with Crippen LogP contribution in [0, 0.1) is 48.2 Å². The summed E-state index contributed by atoms with van der Waals surface area (Å²) in [5.74, 6) is -2.85. The Morgan fingerprint density at radius 3 is 2.31 bits per heavy atom. The highest BCUT2D eigenvalue weighted by atomic mass is 19.1. The minimum absolute atomic E-state index is 0.0292. The number of ketones is 1. The monoisotopic (exact) mass is 873 g/mol. The average molecular weight is 873 g/mol. The van der Waals surface area contributed by atoms with Gasteiger partial charge in [0, 0.05) is 56.4 Å². The van der Waals surface area contributed by atoms with Crippen molar-refractivity contribution in [2.24, 2.45) is 35.5 Å². The number of aliphatic hydroxyl groups excluding tert-OH is 1. The molecule has 2 saturated carbocycles. The van der Waals surface area contributed by atoms with Crippen LogP contribution in [-0.2, 0) is 47.5 Å². The minimum atomic E-state index is -1.00. The molecule has 1 aromatic rings. The zero-order valence-corrected chi connectivity index (χ0v) is 38.5. The van der Waals surface area contributed by atoms with E-state index in [-0.39, 0.29) is 78.3 Å². The third-order valence-corrected chi connectivity index (χ3v) is 15.5. The molecule has 14 heteroatoms. The maximum absolute atomic E-state index is 15.1. The third kappa shape index (κ3) is 9.56. The molecule has 7 rings (SSSR count). The zero-order valence-electron chi connectivity index (χ0n) is 38.5. The van der Waals surface area contributed by atoms with Crippen LogP contribution in [0.25, 0.3) is 0 Å². The number of ether oxygens (including phenoxy) is 8. The van der Waals surface area contributed by atoms with E-state index in [0.29, 0.717) is 48.9 Å². The van der Waals surface area contributed by atoms with Gasteiger partial charge in [0.25, 0.3) is 0 Å². The minimum Gasteiger partial charge on any atom is -0.462 e. The van der Waals surface area contributed by atoms with E-state index in [1.807, 2.05) is 26.8 Å². The van der Waals surface area contributed by atoms with Gasteiger partial charge in [-0.15, -0.1) is 0 Å². The summed E-state index contributed by atoms with van der Waals surface area (Å²) in [5.41, 5.74) is 1.59. The Morgan fingerprint density at radius 2 is 1.63 bits per heavy atom. The lowest BCUT2D eigenvalue weighted by Crippen LogP contribution is -2.59. The number of aliphatic hydroxyl groups is 1. The fourth-order valence-electron chi connectivity index (χ4n) is 12.2. The number of likely N-dealkylation sites (N-methyl/N-ethyl adjacent to an activating group) is 1. The predicted octanol–water partition coefficient (Wildman–Crippen LogP) is 6.22. The number of hydrogen-bond donors (Lipinski definition) is 2. The number of cyclic esters (lactones) is 1. The first kappa shape index (κ1) is 47.4. The molecule has 62 heavy (non-hydrogen) atoms. The highest BCUT2D eigenvalue weighted by Crippen LogP contribution is 2.57. The molecule has 4 unspecified atom stereocenters. The summed E-state index contributed by atoms with van der Waals surface area (Å²) in [6, 6.07) is 4.65. The Labute approximate surface area is 368 Å². The Hall–Kier alpha value is -2.53. The zero-order chi connectivity index (χ0) is 44.6. The molecule has 13 nitrogen and oxygen atoms in total. The molecule has 2 N–H and O–H groups in total. The summed E-state index contributed by atoms with van der Waals surface area (Å²) in [5, 5.41) is 16.3. The number of fused-ring (bicyclic) bond motifs is 5. The number of Topliss-reactive ketones (excluding diaryl/α,β-unsaturated/α-hetero) is 1. The molecule has 6 aliphatic rings. The maximum Gasteiger partial charge on any atom is 0.306 e. The smallest absolute Gasteiger partial charge is 0.306 e. The second-order valence-corrected chi connectivity index (χ2v) is 19.2. The van der Waals surface area contributed by atoms with E-state index in [0.717, 1.165) is 19.3 Å². The fourth-order valence-corrected chi connectivity index (χ4v) is 12.2. The molecule has 0 aromatic heterocycles. The summed E-state index contributed by atoms with van der Waals surface area (Å²) < 4.78 is 65.1. The van der Waals surface area contributed by atoms with Crippen LogP contribution in [0.5, 0.6) is 0 Å². The lowest BCUT2D eigenvalue weighted by atomic mass is 9.62. The van der Waals surface area contributed by atoms with Crippen molar-refractivity contribution in [2.45, 2.75) is 172 Å². The van der Waals surface area contributed by atoms with Crippen LogP contribution in [0.3, 0.4) is 0 Å². The van der Waals surface area contributed by atoms with E-state index in [4.69, 9.17) is 37.9 Å². The van der Waals surface area contributed by atoms with E-state index < -0.39 is 60.8 Å². The average Bonchev–Trinajstić information content (AvgIpc) is 3.83.